The van der Waals surface area contributed by atoms with E-state index in [2.05, 4.69) is 5.32 Å². The molecule has 40 heavy (non-hydrogen) atoms. The first-order chi connectivity index (χ1) is 18.6. The van der Waals surface area contributed by atoms with E-state index in [4.69, 9.17) is 9.84 Å². The zero-order valence-electron chi connectivity index (χ0n) is 21.6. The molecule has 0 aliphatic rings. The number of amides is 1. The van der Waals surface area contributed by atoms with Crippen LogP contribution in [0.2, 0.25) is 0 Å². The third kappa shape index (κ3) is 8.49. The average molecular weight is 568 g/mol. The van der Waals surface area contributed by atoms with E-state index in [1.54, 1.807) is 26.0 Å². The van der Waals surface area contributed by atoms with Gasteiger partial charge in [-0.3, -0.25) is 9.59 Å². The maximum Gasteiger partial charge on any atom is 0.416 e. The molecular weight excluding hydrogens is 540 g/mol. The number of carbonyl (C=O) groups excluding carboxylic acids is 1. The number of carboxylic acid groups (broad SMARTS) is 1. The number of halogens is 6. The van der Waals surface area contributed by atoms with Crippen molar-refractivity contribution < 1.29 is 45.8 Å². The maximum atomic E-state index is 13.1. The highest BCUT2D eigenvalue weighted by Gasteiger charge is 2.31. The predicted molar refractivity (Wildman–Crippen MR) is 136 cm³/mol. The second kappa shape index (κ2) is 12.4. The van der Waals surface area contributed by atoms with Crippen molar-refractivity contribution in [3.63, 3.8) is 0 Å². The van der Waals surface area contributed by atoms with Crippen LogP contribution in [0.3, 0.4) is 0 Å². The van der Waals surface area contributed by atoms with Gasteiger partial charge in [-0.25, -0.2) is 0 Å². The lowest BCUT2D eigenvalue weighted by Gasteiger charge is -2.22. The fourth-order valence-electron chi connectivity index (χ4n) is 4.26. The molecule has 0 aliphatic carbocycles. The average Bonchev–Trinajstić information content (AvgIpc) is 2.85. The molecule has 0 aliphatic heterocycles. The smallest absolute Gasteiger partial charge is 0.416 e. The van der Waals surface area contributed by atoms with Crippen LogP contribution in [0.15, 0.2) is 60.7 Å². The Kier molecular flexibility index (Phi) is 9.49. The summed E-state index contributed by atoms with van der Waals surface area (Å²) in [6.45, 7) is 3.39. The van der Waals surface area contributed by atoms with E-state index < -0.39 is 48.7 Å². The first-order valence-corrected chi connectivity index (χ1v) is 12.3. The monoisotopic (exact) mass is 567 g/mol. The third-order valence-electron chi connectivity index (χ3n) is 6.14. The van der Waals surface area contributed by atoms with Crippen molar-refractivity contribution in [2.75, 3.05) is 6.54 Å². The van der Waals surface area contributed by atoms with Crippen molar-refractivity contribution in [1.82, 2.24) is 5.32 Å². The van der Waals surface area contributed by atoms with Gasteiger partial charge in [-0.15, -0.1) is 0 Å². The summed E-state index contributed by atoms with van der Waals surface area (Å²) >= 11 is 0. The van der Waals surface area contributed by atoms with Gasteiger partial charge in [-0.1, -0.05) is 24.3 Å². The van der Waals surface area contributed by atoms with Crippen molar-refractivity contribution in [1.29, 1.82) is 0 Å². The van der Waals surface area contributed by atoms with E-state index in [-0.39, 0.29) is 24.3 Å². The van der Waals surface area contributed by atoms with Gasteiger partial charge in [0.2, 0.25) is 0 Å². The quantitative estimate of drug-likeness (QED) is 0.247. The molecule has 0 saturated heterocycles. The molecule has 0 bridgehead atoms. The molecule has 5 nitrogen and oxygen atoms in total. The van der Waals surface area contributed by atoms with Crippen LogP contribution in [0.5, 0.6) is 5.75 Å². The molecule has 1 amide bonds. The Labute approximate surface area is 226 Å². The van der Waals surface area contributed by atoms with Crippen LogP contribution in [-0.2, 0) is 11.0 Å². The molecule has 214 valence electrons. The molecular formula is C29H27F6NO4. The van der Waals surface area contributed by atoms with Crippen molar-refractivity contribution in [3.05, 3.63) is 88.5 Å². The van der Waals surface area contributed by atoms with Gasteiger partial charge in [0.05, 0.1) is 12.0 Å². The van der Waals surface area contributed by atoms with Crippen molar-refractivity contribution in [2.24, 2.45) is 0 Å². The zero-order valence-corrected chi connectivity index (χ0v) is 21.6. The lowest BCUT2D eigenvalue weighted by Crippen LogP contribution is -2.26. The largest absolute Gasteiger partial charge is 0.486 e. The predicted octanol–water partition coefficient (Wildman–Crippen LogP) is 7.66. The first-order valence-electron chi connectivity index (χ1n) is 12.3. The van der Waals surface area contributed by atoms with Gasteiger partial charge in [-0.05, 0) is 84.5 Å². The van der Waals surface area contributed by atoms with E-state index in [9.17, 15) is 35.9 Å². The molecule has 1 atom stereocenters. The normalized spacial score (nSPS) is 12.6. The summed E-state index contributed by atoms with van der Waals surface area (Å²) in [5.41, 5.74) is 2.40. The number of carboxylic acids is 1. The topological polar surface area (TPSA) is 75.6 Å². The highest BCUT2D eigenvalue weighted by molar-refractivity contribution is 5.94. The van der Waals surface area contributed by atoms with Crippen molar-refractivity contribution in [2.45, 2.75) is 51.6 Å². The van der Waals surface area contributed by atoms with E-state index in [1.807, 2.05) is 0 Å². The fraction of sp³-hybridized carbons (Fsp3) is 0.310. The molecule has 1 unspecified atom stereocenters. The number of benzene rings is 3. The molecule has 0 saturated carbocycles. The Morgan fingerprint density at radius 1 is 0.900 bits per heavy atom. The Bertz CT molecular complexity index is 1310. The van der Waals surface area contributed by atoms with Gasteiger partial charge in [-0.2, -0.15) is 26.3 Å². The summed E-state index contributed by atoms with van der Waals surface area (Å²) in [4.78, 5) is 22.8. The Morgan fingerprint density at radius 2 is 1.48 bits per heavy atom. The maximum absolute atomic E-state index is 13.1. The molecule has 0 heterocycles. The van der Waals surface area contributed by atoms with Crippen LogP contribution in [0.1, 0.15) is 58.0 Å². The number of hydrogen-bond acceptors (Lipinski definition) is 3. The molecule has 0 spiro atoms. The van der Waals surface area contributed by atoms with Crippen molar-refractivity contribution >= 4 is 11.9 Å². The van der Waals surface area contributed by atoms with Gasteiger partial charge in [0, 0.05) is 18.5 Å². The lowest BCUT2D eigenvalue weighted by molar-refractivity contribution is -0.139. The number of ether oxygens (including phenoxy) is 1. The minimum atomic E-state index is -4.46. The summed E-state index contributed by atoms with van der Waals surface area (Å²) in [5, 5.41) is 11.1. The van der Waals surface area contributed by atoms with Gasteiger partial charge in [0.15, 0.2) is 0 Å². The molecule has 0 radical (unpaired) electrons. The SMILES string of the molecule is Cc1cc(OC(CCC(F)(F)F)c2ccc(C(=O)NCCC(=O)O)cc2)cc(C)c1-c1ccc(C(F)(F)F)cc1. The van der Waals surface area contributed by atoms with Crippen LogP contribution in [0, 0.1) is 13.8 Å². The number of hydrogen-bond donors (Lipinski definition) is 2. The van der Waals surface area contributed by atoms with Crippen LogP contribution in [0.4, 0.5) is 26.3 Å². The van der Waals surface area contributed by atoms with Gasteiger partial charge in [0.25, 0.3) is 5.91 Å². The molecule has 3 aromatic rings. The second-order valence-electron chi connectivity index (χ2n) is 9.29. The third-order valence-corrected chi connectivity index (χ3v) is 6.14. The minimum absolute atomic E-state index is 0.0750. The van der Waals surface area contributed by atoms with Gasteiger partial charge in [0.1, 0.15) is 11.9 Å². The van der Waals surface area contributed by atoms with Crippen LogP contribution < -0.4 is 10.1 Å². The van der Waals surface area contributed by atoms with E-state index in [0.717, 1.165) is 12.1 Å². The zero-order chi connectivity index (χ0) is 29.7. The molecule has 0 aromatic heterocycles. The van der Waals surface area contributed by atoms with Gasteiger partial charge < -0.3 is 15.2 Å². The minimum Gasteiger partial charge on any atom is -0.486 e. The van der Waals surface area contributed by atoms with E-state index in [1.165, 1.54) is 36.4 Å². The summed E-state index contributed by atoms with van der Waals surface area (Å²) in [6, 6.07) is 13.7. The fourth-order valence-corrected chi connectivity index (χ4v) is 4.26. The summed E-state index contributed by atoms with van der Waals surface area (Å²) in [7, 11) is 0. The lowest BCUT2D eigenvalue weighted by atomic mass is 9.94. The van der Waals surface area contributed by atoms with E-state index >= 15 is 0 Å². The number of rotatable bonds is 10. The van der Waals surface area contributed by atoms with E-state index in [0.29, 0.717) is 27.8 Å². The summed E-state index contributed by atoms with van der Waals surface area (Å²) in [5.74, 6) is -1.31. The number of carbonyl (C=O) groups is 2. The molecule has 3 rings (SSSR count). The highest BCUT2D eigenvalue weighted by Crippen LogP contribution is 2.37. The number of aliphatic carboxylic acids is 1. The first kappa shape index (κ1) is 30.5. The molecule has 2 N–H and O–H groups in total. The standard InChI is InChI=1S/C29H27F6NO4/c1-17-15-23(16-18(2)26(17)20-7-9-22(10-8-20)29(33,34)35)40-24(11-13-28(30,31)32)19-3-5-21(6-4-19)27(39)36-14-12-25(37)38/h3-10,15-16,24H,11-14H2,1-2H3,(H,36,39)(H,37,38). The Morgan fingerprint density at radius 3 is 1.98 bits per heavy atom. The van der Waals surface area contributed by atoms with Crippen molar-refractivity contribution in [3.8, 4) is 16.9 Å². The van der Waals surface area contributed by atoms with Crippen LogP contribution in [0.25, 0.3) is 11.1 Å². The summed E-state index contributed by atoms with van der Waals surface area (Å²) < 4.78 is 84.0. The number of nitrogens with one attached hydrogen (secondary N) is 1. The Balaban J connectivity index is 1.84. The number of alkyl halides is 6. The molecule has 3 aromatic carbocycles. The van der Waals surface area contributed by atoms with Crippen LogP contribution >= 0.6 is 0 Å². The molecule has 0 fully saturated rings. The second-order valence-corrected chi connectivity index (χ2v) is 9.29. The number of aryl methyl sites for hydroxylation is 2. The van der Waals surface area contributed by atoms with Crippen LogP contribution in [-0.4, -0.2) is 29.7 Å². The Hall–Kier alpha value is -4.02. The van der Waals surface area contributed by atoms with Gasteiger partial charge >= 0.3 is 18.3 Å². The summed E-state index contributed by atoms with van der Waals surface area (Å²) in [6.07, 6.45) is -11.7. The molecule has 11 heteroatoms. The highest BCUT2D eigenvalue weighted by atomic mass is 19.4.